The molecule has 1 aliphatic heterocycles. The Morgan fingerprint density at radius 3 is 2.61 bits per heavy atom. The van der Waals surface area contributed by atoms with Gasteiger partial charge in [-0.1, -0.05) is 36.0 Å². The summed E-state index contributed by atoms with van der Waals surface area (Å²) in [5.41, 5.74) is 2.61. The molecule has 0 saturated carbocycles. The second kappa shape index (κ2) is 9.62. The van der Waals surface area contributed by atoms with Crippen LogP contribution in [0.3, 0.4) is 0 Å². The number of fused-ring (bicyclic) bond motifs is 1. The second-order valence-electron chi connectivity index (χ2n) is 8.13. The van der Waals surface area contributed by atoms with E-state index in [1.54, 1.807) is 6.20 Å². The first-order valence-corrected chi connectivity index (χ1v) is 12.2. The van der Waals surface area contributed by atoms with Crippen molar-refractivity contribution in [3.05, 3.63) is 66.9 Å². The van der Waals surface area contributed by atoms with Gasteiger partial charge in [0.1, 0.15) is 0 Å². The number of hydrogen-bond donors (Lipinski definition) is 1. The first-order valence-electron chi connectivity index (χ1n) is 11.3. The van der Waals surface area contributed by atoms with E-state index in [0.717, 1.165) is 54.2 Å². The number of aromatic nitrogens is 4. The third-order valence-corrected chi connectivity index (χ3v) is 6.87. The lowest BCUT2D eigenvalue weighted by Crippen LogP contribution is -2.31. The van der Waals surface area contributed by atoms with E-state index in [1.807, 2.05) is 55.5 Å². The summed E-state index contributed by atoms with van der Waals surface area (Å²) in [5, 5.41) is 13.4. The van der Waals surface area contributed by atoms with E-state index in [9.17, 15) is 4.79 Å². The molecule has 0 bridgehead atoms. The van der Waals surface area contributed by atoms with Crippen LogP contribution in [0, 0.1) is 0 Å². The van der Waals surface area contributed by atoms with E-state index in [1.165, 1.54) is 18.2 Å². The molecular weight excluding hydrogens is 432 g/mol. The average Bonchev–Trinajstić information content (AvgIpc) is 3.28. The number of thioether (sulfide) groups is 1. The summed E-state index contributed by atoms with van der Waals surface area (Å²) >= 11 is 1.42. The van der Waals surface area contributed by atoms with Crippen LogP contribution < -0.4 is 10.2 Å². The second-order valence-corrected chi connectivity index (χ2v) is 9.43. The minimum absolute atomic E-state index is 0.0847. The molecule has 5 rings (SSSR count). The van der Waals surface area contributed by atoms with Gasteiger partial charge in [0.05, 0.1) is 22.1 Å². The van der Waals surface area contributed by atoms with Crippen molar-refractivity contribution >= 4 is 40.2 Å². The van der Waals surface area contributed by atoms with Crippen LogP contribution >= 0.6 is 11.8 Å². The van der Waals surface area contributed by atoms with Gasteiger partial charge in [0, 0.05) is 24.7 Å². The molecule has 1 atom stereocenters. The van der Waals surface area contributed by atoms with Crippen molar-refractivity contribution in [1.82, 2.24) is 19.7 Å². The first-order chi connectivity index (χ1) is 16.2. The fourth-order valence-electron chi connectivity index (χ4n) is 4.10. The number of pyridine rings is 1. The molecule has 1 aliphatic rings. The highest BCUT2D eigenvalue weighted by Crippen LogP contribution is 2.31. The van der Waals surface area contributed by atoms with E-state index in [2.05, 4.69) is 42.1 Å². The largest absolute Gasteiger partial charge is 0.341 e. The fraction of sp³-hybridized carbons (Fsp3) is 0.280. The number of piperidine rings is 1. The summed E-state index contributed by atoms with van der Waals surface area (Å²) in [5.74, 6) is 0.759. The van der Waals surface area contributed by atoms with Crippen molar-refractivity contribution in [2.24, 2.45) is 0 Å². The summed E-state index contributed by atoms with van der Waals surface area (Å²) in [7, 11) is 0. The topological polar surface area (TPSA) is 75.9 Å². The highest BCUT2D eigenvalue weighted by Gasteiger charge is 2.25. The van der Waals surface area contributed by atoms with Crippen molar-refractivity contribution in [2.45, 2.75) is 36.6 Å². The van der Waals surface area contributed by atoms with E-state index in [-0.39, 0.29) is 11.2 Å². The molecule has 1 amide bonds. The first kappa shape index (κ1) is 21.5. The molecule has 2 aromatic carbocycles. The Kier molecular flexibility index (Phi) is 6.26. The Balaban J connectivity index is 1.40. The average molecular weight is 459 g/mol. The molecular formula is C25H26N6OS. The summed E-state index contributed by atoms with van der Waals surface area (Å²) < 4.78 is 2.07. The Bertz CT molecular complexity index is 1250. The van der Waals surface area contributed by atoms with Gasteiger partial charge in [-0.25, -0.2) is 0 Å². The quantitative estimate of drug-likeness (QED) is 0.413. The van der Waals surface area contributed by atoms with Gasteiger partial charge in [0.2, 0.25) is 11.9 Å². The maximum Gasteiger partial charge on any atom is 0.237 e. The summed E-state index contributed by atoms with van der Waals surface area (Å²) in [6.45, 7) is 3.84. The Labute approximate surface area is 197 Å². The smallest absolute Gasteiger partial charge is 0.237 e. The predicted molar refractivity (Wildman–Crippen MR) is 133 cm³/mol. The Morgan fingerprint density at radius 2 is 1.79 bits per heavy atom. The van der Waals surface area contributed by atoms with Gasteiger partial charge in [-0.15, -0.1) is 10.2 Å². The lowest BCUT2D eigenvalue weighted by Gasteiger charge is -2.28. The molecule has 0 radical (unpaired) electrons. The van der Waals surface area contributed by atoms with Crippen LogP contribution in [-0.2, 0) is 4.79 Å². The van der Waals surface area contributed by atoms with Crippen LogP contribution in [0.2, 0.25) is 0 Å². The van der Waals surface area contributed by atoms with Gasteiger partial charge in [0.15, 0.2) is 5.16 Å². The molecule has 3 heterocycles. The lowest BCUT2D eigenvalue weighted by molar-refractivity contribution is -0.115. The predicted octanol–water partition coefficient (Wildman–Crippen LogP) is 4.93. The number of nitrogens with one attached hydrogen (secondary N) is 1. The van der Waals surface area contributed by atoms with Gasteiger partial charge < -0.3 is 10.2 Å². The van der Waals surface area contributed by atoms with E-state index in [4.69, 9.17) is 0 Å². The number of carbonyl (C=O) groups excluding carboxylic acids is 1. The van der Waals surface area contributed by atoms with Crippen molar-refractivity contribution in [2.75, 3.05) is 23.3 Å². The zero-order valence-electron chi connectivity index (χ0n) is 18.5. The molecule has 1 fully saturated rings. The van der Waals surface area contributed by atoms with Gasteiger partial charge in [0.25, 0.3) is 0 Å². The van der Waals surface area contributed by atoms with Crippen LogP contribution in [0.15, 0.2) is 72.0 Å². The summed E-state index contributed by atoms with van der Waals surface area (Å²) in [6.07, 6.45) is 5.31. The number of para-hydroxylation sites is 1. The molecule has 0 aliphatic carbocycles. The third kappa shape index (κ3) is 4.57. The standard InChI is InChI=1S/C25H26N6OS/c1-18(23(32)27-22-14-8-13-21-20(22)12-9-15-26-21)33-25-29-28-24(30-16-6-3-7-17-30)31(25)19-10-4-2-5-11-19/h2,4-5,8-15,18H,3,6-7,16-17H2,1H3,(H,27,32). The molecule has 1 saturated heterocycles. The third-order valence-electron chi connectivity index (χ3n) is 5.82. The minimum atomic E-state index is -0.363. The molecule has 168 valence electrons. The van der Waals surface area contributed by atoms with Gasteiger partial charge in [-0.2, -0.15) is 0 Å². The molecule has 1 unspecified atom stereocenters. The minimum Gasteiger partial charge on any atom is -0.341 e. The van der Waals surface area contributed by atoms with Crippen molar-refractivity contribution in [1.29, 1.82) is 0 Å². The number of benzene rings is 2. The summed E-state index contributed by atoms with van der Waals surface area (Å²) in [6, 6.07) is 19.7. The van der Waals surface area contributed by atoms with E-state index in [0.29, 0.717) is 5.16 Å². The van der Waals surface area contributed by atoms with Gasteiger partial charge >= 0.3 is 0 Å². The zero-order chi connectivity index (χ0) is 22.6. The van der Waals surface area contributed by atoms with Crippen LogP contribution in [0.25, 0.3) is 16.6 Å². The molecule has 2 aromatic heterocycles. The Morgan fingerprint density at radius 1 is 0.970 bits per heavy atom. The van der Waals surface area contributed by atoms with Crippen LogP contribution in [0.1, 0.15) is 26.2 Å². The molecule has 1 N–H and O–H groups in total. The normalized spacial score (nSPS) is 14.9. The SMILES string of the molecule is CC(Sc1nnc(N2CCCCC2)n1-c1ccccc1)C(=O)Nc1cccc2ncccc12. The Hall–Kier alpha value is -3.39. The number of carbonyl (C=O) groups is 1. The van der Waals surface area contributed by atoms with Gasteiger partial charge in [-0.3, -0.25) is 14.3 Å². The zero-order valence-corrected chi connectivity index (χ0v) is 19.3. The van der Waals surface area contributed by atoms with Crippen LogP contribution in [-0.4, -0.2) is 44.0 Å². The van der Waals surface area contributed by atoms with Crippen molar-refractivity contribution < 1.29 is 4.79 Å². The molecule has 8 heteroatoms. The fourth-order valence-corrected chi connectivity index (χ4v) is 4.96. The number of nitrogens with zero attached hydrogens (tertiary/aromatic N) is 5. The van der Waals surface area contributed by atoms with E-state index >= 15 is 0 Å². The van der Waals surface area contributed by atoms with Crippen LogP contribution in [0.4, 0.5) is 11.6 Å². The van der Waals surface area contributed by atoms with Gasteiger partial charge in [-0.05, 0) is 62.6 Å². The molecule has 7 nitrogen and oxygen atoms in total. The highest BCUT2D eigenvalue weighted by atomic mass is 32.2. The van der Waals surface area contributed by atoms with E-state index < -0.39 is 0 Å². The molecule has 33 heavy (non-hydrogen) atoms. The maximum atomic E-state index is 13.1. The monoisotopic (exact) mass is 458 g/mol. The van der Waals surface area contributed by atoms with Crippen LogP contribution in [0.5, 0.6) is 0 Å². The number of amides is 1. The van der Waals surface area contributed by atoms with Crippen molar-refractivity contribution in [3.8, 4) is 5.69 Å². The van der Waals surface area contributed by atoms with Crippen molar-refractivity contribution in [3.63, 3.8) is 0 Å². The lowest BCUT2D eigenvalue weighted by atomic mass is 10.1. The number of anilines is 2. The maximum absolute atomic E-state index is 13.1. The number of hydrogen-bond acceptors (Lipinski definition) is 6. The molecule has 4 aromatic rings. The highest BCUT2D eigenvalue weighted by molar-refractivity contribution is 8.00. The number of rotatable bonds is 6. The summed E-state index contributed by atoms with van der Waals surface area (Å²) in [4.78, 5) is 19.8. The molecule has 0 spiro atoms.